The van der Waals surface area contributed by atoms with Crippen molar-refractivity contribution in [3.8, 4) is 0 Å². The van der Waals surface area contributed by atoms with Gasteiger partial charge < -0.3 is 10.6 Å². The predicted molar refractivity (Wildman–Crippen MR) is 73.8 cm³/mol. The highest BCUT2D eigenvalue weighted by atomic mass is 15.4. The lowest BCUT2D eigenvalue weighted by atomic mass is 10.4. The monoisotopic (exact) mass is 259 g/mol. The van der Waals surface area contributed by atoms with E-state index in [1.807, 2.05) is 37.2 Å². The van der Waals surface area contributed by atoms with Gasteiger partial charge in [0, 0.05) is 12.4 Å². The summed E-state index contributed by atoms with van der Waals surface area (Å²) in [5.74, 6) is 2.11. The molecule has 0 spiro atoms. The minimum Gasteiger partial charge on any atom is -0.357 e. The van der Waals surface area contributed by atoms with Crippen molar-refractivity contribution in [3.63, 3.8) is 0 Å². The van der Waals surface area contributed by atoms with Crippen LogP contribution in [0, 0.1) is 0 Å². The molecule has 0 radical (unpaired) electrons. The summed E-state index contributed by atoms with van der Waals surface area (Å²) in [6, 6.07) is 0. The number of anilines is 2. The summed E-state index contributed by atoms with van der Waals surface area (Å²) in [6.07, 6.45) is 12.2. The molecule has 0 saturated carbocycles. The summed E-state index contributed by atoms with van der Waals surface area (Å²) in [7, 11) is 2.06. The lowest BCUT2D eigenvalue weighted by Crippen LogP contribution is -2.47. The molecule has 0 unspecified atom stereocenters. The standard InChI is InChI=1S/C13H19N6/c1-10-15-4-6-18(10)12-8-14-9-13(17(12)3)19-7-5-16-11(19)2/h4-11,15-16H,1-3H3/q+1/t10-,11+. The zero-order chi connectivity index (χ0) is 13.4. The van der Waals surface area contributed by atoms with Crippen LogP contribution in [0.1, 0.15) is 13.8 Å². The highest BCUT2D eigenvalue weighted by Gasteiger charge is 2.28. The molecule has 6 nitrogen and oxygen atoms in total. The molecular formula is C13H19N6+. The minimum absolute atomic E-state index is 0.243. The van der Waals surface area contributed by atoms with Crippen LogP contribution < -0.4 is 25.0 Å². The van der Waals surface area contributed by atoms with Crippen molar-refractivity contribution in [1.29, 1.82) is 0 Å². The molecule has 3 heterocycles. The van der Waals surface area contributed by atoms with Crippen LogP contribution in [-0.2, 0) is 7.05 Å². The van der Waals surface area contributed by atoms with E-state index in [1.54, 1.807) is 0 Å². The topological polar surface area (TPSA) is 47.3 Å². The fourth-order valence-corrected chi connectivity index (χ4v) is 2.43. The lowest BCUT2D eigenvalue weighted by Gasteiger charge is -2.22. The summed E-state index contributed by atoms with van der Waals surface area (Å²) >= 11 is 0. The number of hydrogen-bond acceptors (Lipinski definition) is 5. The van der Waals surface area contributed by atoms with Crippen molar-refractivity contribution in [1.82, 2.24) is 15.6 Å². The Hall–Kier alpha value is -2.24. The summed E-state index contributed by atoms with van der Waals surface area (Å²) in [4.78, 5) is 8.70. The fraction of sp³-hybridized carbons (Fsp3) is 0.385. The van der Waals surface area contributed by atoms with Gasteiger partial charge in [0.15, 0.2) is 0 Å². The maximum Gasteiger partial charge on any atom is 0.248 e. The number of hydrogen-bond donors (Lipinski definition) is 2. The Bertz CT molecular complexity index is 494. The van der Waals surface area contributed by atoms with Crippen molar-refractivity contribution < 1.29 is 4.57 Å². The second kappa shape index (κ2) is 4.46. The van der Waals surface area contributed by atoms with Crippen molar-refractivity contribution in [2.24, 2.45) is 7.05 Å². The summed E-state index contributed by atoms with van der Waals surface area (Å²) in [6.45, 7) is 4.24. The van der Waals surface area contributed by atoms with Gasteiger partial charge in [-0.1, -0.05) is 0 Å². The Morgan fingerprint density at radius 1 is 1.00 bits per heavy atom. The molecule has 100 valence electrons. The molecule has 1 aromatic heterocycles. The summed E-state index contributed by atoms with van der Waals surface area (Å²) in [5.41, 5.74) is 0. The molecule has 2 atom stereocenters. The van der Waals surface area contributed by atoms with E-state index in [1.165, 1.54) is 0 Å². The van der Waals surface area contributed by atoms with E-state index >= 15 is 0 Å². The smallest absolute Gasteiger partial charge is 0.248 e. The van der Waals surface area contributed by atoms with Gasteiger partial charge in [-0.2, -0.15) is 0 Å². The van der Waals surface area contributed by atoms with Crippen molar-refractivity contribution in [2.75, 3.05) is 9.80 Å². The molecule has 0 aliphatic carbocycles. The SMILES string of the molecule is C[C@@H]1NC=CN1c1cncc(N2C=CN[C@@H]2C)[n+]1C. The van der Waals surface area contributed by atoms with E-state index in [9.17, 15) is 0 Å². The zero-order valence-electron chi connectivity index (χ0n) is 11.4. The third kappa shape index (κ3) is 1.89. The Morgan fingerprint density at radius 2 is 1.47 bits per heavy atom. The molecule has 2 aliphatic heterocycles. The molecule has 1 aromatic rings. The first kappa shape index (κ1) is 11.8. The third-order valence-corrected chi connectivity index (χ3v) is 3.58. The van der Waals surface area contributed by atoms with Crippen LogP contribution in [0.25, 0.3) is 0 Å². The molecular weight excluding hydrogens is 240 g/mol. The number of aromatic nitrogens is 2. The van der Waals surface area contributed by atoms with Crippen LogP contribution in [-0.4, -0.2) is 17.3 Å². The van der Waals surface area contributed by atoms with Gasteiger partial charge in [0.05, 0.1) is 19.4 Å². The number of rotatable bonds is 2. The van der Waals surface area contributed by atoms with Crippen LogP contribution in [0.3, 0.4) is 0 Å². The largest absolute Gasteiger partial charge is 0.357 e. The first-order valence-electron chi connectivity index (χ1n) is 6.44. The molecule has 0 aromatic carbocycles. The van der Waals surface area contributed by atoms with E-state index in [4.69, 9.17) is 0 Å². The first-order valence-corrected chi connectivity index (χ1v) is 6.44. The van der Waals surface area contributed by atoms with E-state index < -0.39 is 0 Å². The summed E-state index contributed by atoms with van der Waals surface area (Å²) < 4.78 is 2.15. The molecule has 0 saturated heterocycles. The third-order valence-electron chi connectivity index (χ3n) is 3.58. The molecule has 0 amide bonds. The van der Waals surface area contributed by atoms with Gasteiger partial charge in [-0.25, -0.2) is 14.4 Å². The Labute approximate surface area is 113 Å². The van der Waals surface area contributed by atoms with Gasteiger partial charge in [0.2, 0.25) is 11.6 Å². The maximum absolute atomic E-state index is 4.38. The number of nitrogens with one attached hydrogen (secondary N) is 2. The van der Waals surface area contributed by atoms with Gasteiger partial charge in [0.1, 0.15) is 24.7 Å². The second-order valence-electron chi connectivity index (χ2n) is 4.81. The maximum atomic E-state index is 4.38. The average molecular weight is 259 g/mol. The molecule has 0 fully saturated rings. The quantitative estimate of drug-likeness (QED) is 0.751. The Balaban J connectivity index is 1.99. The van der Waals surface area contributed by atoms with Crippen LogP contribution in [0.2, 0.25) is 0 Å². The Kier molecular flexibility index (Phi) is 2.77. The molecule has 3 rings (SSSR count). The fourth-order valence-electron chi connectivity index (χ4n) is 2.43. The highest BCUT2D eigenvalue weighted by Crippen LogP contribution is 2.19. The van der Waals surface area contributed by atoms with Crippen molar-refractivity contribution >= 4 is 11.6 Å². The van der Waals surface area contributed by atoms with Gasteiger partial charge in [0.25, 0.3) is 0 Å². The van der Waals surface area contributed by atoms with Gasteiger partial charge in [-0.15, -0.1) is 0 Å². The van der Waals surface area contributed by atoms with Crippen LogP contribution in [0.5, 0.6) is 0 Å². The lowest BCUT2D eigenvalue weighted by molar-refractivity contribution is -0.646. The molecule has 2 aliphatic rings. The normalized spacial score (nSPS) is 24.8. The molecule has 6 heteroatoms. The van der Waals surface area contributed by atoms with Crippen LogP contribution >= 0.6 is 0 Å². The second-order valence-corrected chi connectivity index (χ2v) is 4.81. The highest BCUT2D eigenvalue weighted by molar-refractivity contribution is 5.45. The van der Waals surface area contributed by atoms with Crippen LogP contribution in [0.15, 0.2) is 37.2 Å². The minimum atomic E-state index is 0.243. The van der Waals surface area contributed by atoms with E-state index in [0.717, 1.165) is 11.6 Å². The van der Waals surface area contributed by atoms with Gasteiger partial charge in [-0.05, 0) is 13.8 Å². The molecule has 19 heavy (non-hydrogen) atoms. The van der Waals surface area contributed by atoms with Crippen molar-refractivity contribution in [2.45, 2.75) is 26.2 Å². The average Bonchev–Trinajstić information content (AvgIpc) is 2.99. The summed E-state index contributed by atoms with van der Waals surface area (Å²) in [5, 5.41) is 6.51. The van der Waals surface area contributed by atoms with Crippen molar-refractivity contribution in [3.05, 3.63) is 37.2 Å². The first-order chi connectivity index (χ1) is 9.18. The van der Waals surface area contributed by atoms with E-state index in [2.05, 4.69) is 50.9 Å². The predicted octanol–water partition coefficient (Wildman–Crippen LogP) is 0.360. The molecule has 0 bridgehead atoms. The van der Waals surface area contributed by atoms with E-state index in [-0.39, 0.29) is 12.3 Å². The van der Waals surface area contributed by atoms with Gasteiger partial charge >= 0.3 is 0 Å². The van der Waals surface area contributed by atoms with E-state index in [0.29, 0.717) is 0 Å². The molecule has 2 N–H and O–H groups in total. The Morgan fingerprint density at radius 3 is 1.84 bits per heavy atom. The number of nitrogens with zero attached hydrogens (tertiary/aromatic N) is 4. The van der Waals surface area contributed by atoms with Crippen LogP contribution in [0.4, 0.5) is 11.6 Å². The zero-order valence-corrected chi connectivity index (χ0v) is 11.4. The van der Waals surface area contributed by atoms with Gasteiger partial charge in [-0.3, -0.25) is 4.98 Å².